The van der Waals surface area contributed by atoms with Crippen molar-refractivity contribution in [3.8, 4) is 5.75 Å². The molecule has 0 aliphatic heterocycles. The molecule has 0 aliphatic carbocycles. The Morgan fingerprint density at radius 3 is 2.61 bits per heavy atom. The average molecular weight is 322 g/mol. The highest BCUT2D eigenvalue weighted by molar-refractivity contribution is 7.24. The fourth-order valence-corrected chi connectivity index (χ4v) is 3.67. The van der Waals surface area contributed by atoms with Gasteiger partial charge in [0.1, 0.15) is 11.5 Å². The lowest BCUT2D eigenvalue weighted by Crippen LogP contribution is -2.04. The van der Waals surface area contributed by atoms with E-state index in [1.807, 2.05) is 30.3 Å². The molecule has 0 fully saturated rings. The first-order valence-corrected chi connectivity index (χ1v) is 8.31. The summed E-state index contributed by atoms with van der Waals surface area (Å²) in [5, 5.41) is 1.43. The van der Waals surface area contributed by atoms with E-state index in [1.165, 1.54) is 0 Å². The molecule has 1 heterocycles. The van der Waals surface area contributed by atoms with Crippen LogP contribution in [-0.2, 0) is 0 Å². The Kier molecular flexibility index (Phi) is 4.05. The maximum absolute atomic E-state index is 12.8. The van der Waals surface area contributed by atoms with Gasteiger partial charge >= 0.3 is 0 Å². The van der Waals surface area contributed by atoms with Crippen molar-refractivity contribution in [2.45, 2.75) is 19.8 Å². The van der Waals surface area contributed by atoms with Crippen molar-refractivity contribution in [3.63, 3.8) is 0 Å². The van der Waals surface area contributed by atoms with Gasteiger partial charge in [-0.05, 0) is 41.8 Å². The van der Waals surface area contributed by atoms with E-state index in [-0.39, 0.29) is 11.3 Å². The van der Waals surface area contributed by atoms with E-state index in [4.69, 9.17) is 4.74 Å². The Labute approximate surface area is 139 Å². The van der Waals surface area contributed by atoms with Crippen LogP contribution >= 0.6 is 11.3 Å². The SMILES string of the molecule is C=CC(=C)Oc1cc2c(=O)c3ccccc3sc2cc1C(C)C. The number of rotatable bonds is 4. The van der Waals surface area contributed by atoms with E-state index in [0.717, 1.165) is 20.3 Å². The Hall–Kier alpha value is -2.39. The molecule has 0 N–H and O–H groups in total. The number of allylic oxidation sites excluding steroid dienone is 1. The second kappa shape index (κ2) is 6.01. The summed E-state index contributed by atoms with van der Waals surface area (Å²) in [4.78, 5) is 12.8. The van der Waals surface area contributed by atoms with Gasteiger partial charge in [0.25, 0.3) is 0 Å². The summed E-state index contributed by atoms with van der Waals surface area (Å²) >= 11 is 1.63. The van der Waals surface area contributed by atoms with E-state index < -0.39 is 0 Å². The van der Waals surface area contributed by atoms with E-state index in [0.29, 0.717) is 16.9 Å². The van der Waals surface area contributed by atoms with Crippen molar-refractivity contribution < 1.29 is 4.74 Å². The van der Waals surface area contributed by atoms with Crippen LogP contribution in [0, 0.1) is 0 Å². The van der Waals surface area contributed by atoms with Crippen molar-refractivity contribution in [1.29, 1.82) is 0 Å². The summed E-state index contributed by atoms with van der Waals surface area (Å²) in [6.07, 6.45) is 1.56. The molecule has 0 spiro atoms. The highest BCUT2D eigenvalue weighted by atomic mass is 32.1. The lowest BCUT2D eigenvalue weighted by atomic mass is 10.0. The second-order valence-corrected chi connectivity index (χ2v) is 6.82. The van der Waals surface area contributed by atoms with Crippen LogP contribution < -0.4 is 10.2 Å². The summed E-state index contributed by atoms with van der Waals surface area (Å²) < 4.78 is 7.77. The van der Waals surface area contributed by atoms with Gasteiger partial charge in [0.15, 0.2) is 5.43 Å². The topological polar surface area (TPSA) is 26.3 Å². The summed E-state index contributed by atoms with van der Waals surface area (Å²) in [6.45, 7) is 11.7. The third-order valence-electron chi connectivity index (χ3n) is 3.80. The van der Waals surface area contributed by atoms with Gasteiger partial charge in [0, 0.05) is 20.2 Å². The van der Waals surface area contributed by atoms with Crippen LogP contribution in [0.15, 0.2) is 66.2 Å². The van der Waals surface area contributed by atoms with Gasteiger partial charge in [0.05, 0.1) is 0 Å². The lowest BCUT2D eigenvalue weighted by Gasteiger charge is -2.15. The number of hydrogen-bond acceptors (Lipinski definition) is 3. The number of ether oxygens (including phenoxy) is 1. The van der Waals surface area contributed by atoms with E-state index >= 15 is 0 Å². The van der Waals surface area contributed by atoms with Gasteiger partial charge < -0.3 is 4.74 Å². The Bertz CT molecular complexity index is 980. The monoisotopic (exact) mass is 322 g/mol. The molecule has 0 radical (unpaired) electrons. The summed E-state index contributed by atoms with van der Waals surface area (Å²) in [6, 6.07) is 11.6. The van der Waals surface area contributed by atoms with Crippen molar-refractivity contribution in [2.75, 3.05) is 0 Å². The first kappa shape index (κ1) is 15.5. The van der Waals surface area contributed by atoms with E-state index in [2.05, 4.69) is 33.1 Å². The maximum atomic E-state index is 12.8. The minimum Gasteiger partial charge on any atom is -0.458 e. The van der Waals surface area contributed by atoms with Crippen LogP contribution in [0.3, 0.4) is 0 Å². The molecule has 23 heavy (non-hydrogen) atoms. The predicted molar refractivity (Wildman–Crippen MR) is 99.7 cm³/mol. The molecule has 2 aromatic carbocycles. The molecule has 2 nitrogen and oxygen atoms in total. The van der Waals surface area contributed by atoms with Crippen LogP contribution in [0.5, 0.6) is 5.75 Å². The molecule has 0 saturated carbocycles. The zero-order chi connectivity index (χ0) is 16.6. The first-order valence-electron chi connectivity index (χ1n) is 7.50. The van der Waals surface area contributed by atoms with Crippen LogP contribution in [0.1, 0.15) is 25.3 Å². The molecule has 1 aromatic heterocycles. The summed E-state index contributed by atoms with van der Waals surface area (Å²) in [5.74, 6) is 1.43. The van der Waals surface area contributed by atoms with Crippen molar-refractivity contribution >= 4 is 31.5 Å². The molecule has 0 saturated heterocycles. The Morgan fingerprint density at radius 2 is 1.91 bits per heavy atom. The molecule has 116 valence electrons. The smallest absolute Gasteiger partial charge is 0.196 e. The quantitative estimate of drug-likeness (QED) is 0.354. The second-order valence-electron chi connectivity index (χ2n) is 5.74. The molecule has 0 unspecified atom stereocenters. The molecule has 3 rings (SSSR count). The average Bonchev–Trinajstić information content (AvgIpc) is 2.55. The Morgan fingerprint density at radius 1 is 1.17 bits per heavy atom. The van der Waals surface area contributed by atoms with Gasteiger partial charge in [-0.15, -0.1) is 11.3 Å². The third-order valence-corrected chi connectivity index (χ3v) is 4.93. The minimum atomic E-state index is 0.0405. The van der Waals surface area contributed by atoms with Crippen LogP contribution in [0.25, 0.3) is 20.2 Å². The van der Waals surface area contributed by atoms with Crippen LogP contribution in [0.4, 0.5) is 0 Å². The van der Waals surface area contributed by atoms with Crippen molar-refractivity contribution in [3.05, 3.63) is 77.2 Å². The number of fused-ring (bicyclic) bond motifs is 2. The molecule has 0 amide bonds. The normalized spacial score (nSPS) is 11.1. The largest absolute Gasteiger partial charge is 0.458 e. The van der Waals surface area contributed by atoms with E-state index in [1.54, 1.807) is 17.4 Å². The molecular formula is C20H18O2S. The van der Waals surface area contributed by atoms with Gasteiger partial charge in [0.2, 0.25) is 0 Å². The molecule has 0 bridgehead atoms. The Balaban J connectivity index is 2.35. The predicted octanol–water partition coefficient (Wildman–Crippen LogP) is 5.62. The fraction of sp³-hybridized carbons (Fsp3) is 0.150. The molecule has 3 aromatic rings. The van der Waals surface area contributed by atoms with Crippen LogP contribution in [0.2, 0.25) is 0 Å². The fourth-order valence-electron chi connectivity index (χ4n) is 2.57. The van der Waals surface area contributed by atoms with Gasteiger partial charge in [-0.25, -0.2) is 0 Å². The molecule has 0 atom stereocenters. The maximum Gasteiger partial charge on any atom is 0.196 e. The third kappa shape index (κ3) is 2.80. The highest BCUT2D eigenvalue weighted by Crippen LogP contribution is 2.34. The standard InChI is InChI=1S/C20H18O2S/c1-5-13(4)22-17-10-16-19(11-15(17)12(2)3)23-18-9-7-6-8-14(18)20(16)21/h5-12H,1,4H2,2-3H3. The minimum absolute atomic E-state index is 0.0405. The zero-order valence-electron chi connectivity index (χ0n) is 13.3. The lowest BCUT2D eigenvalue weighted by molar-refractivity contribution is 0.440. The summed E-state index contributed by atoms with van der Waals surface area (Å²) in [7, 11) is 0. The molecule has 3 heteroatoms. The first-order chi connectivity index (χ1) is 11.0. The zero-order valence-corrected chi connectivity index (χ0v) is 14.1. The molecule has 0 aliphatic rings. The number of benzene rings is 2. The van der Waals surface area contributed by atoms with Crippen LogP contribution in [-0.4, -0.2) is 0 Å². The van der Waals surface area contributed by atoms with Crippen molar-refractivity contribution in [2.24, 2.45) is 0 Å². The van der Waals surface area contributed by atoms with Crippen molar-refractivity contribution in [1.82, 2.24) is 0 Å². The summed E-state index contributed by atoms with van der Waals surface area (Å²) in [5.41, 5.74) is 1.10. The van der Waals surface area contributed by atoms with Gasteiger partial charge in [-0.1, -0.05) is 39.1 Å². The highest BCUT2D eigenvalue weighted by Gasteiger charge is 2.14. The van der Waals surface area contributed by atoms with E-state index in [9.17, 15) is 4.79 Å². The van der Waals surface area contributed by atoms with Gasteiger partial charge in [-0.2, -0.15) is 0 Å². The number of hydrogen-bond donors (Lipinski definition) is 0. The molecular weight excluding hydrogens is 304 g/mol. The van der Waals surface area contributed by atoms with Gasteiger partial charge in [-0.3, -0.25) is 4.79 Å².